The molecule has 0 radical (unpaired) electrons. The molecule has 1 aromatic rings. The van der Waals surface area contributed by atoms with E-state index in [4.69, 9.17) is 0 Å². The average molecular weight is 284 g/mol. The molecule has 0 aliphatic carbocycles. The van der Waals surface area contributed by atoms with Crippen LogP contribution < -0.4 is 10.2 Å². The molecule has 5 heteroatoms. The van der Waals surface area contributed by atoms with E-state index in [0.717, 1.165) is 11.3 Å². The summed E-state index contributed by atoms with van der Waals surface area (Å²) in [6.07, 6.45) is -2.85. The van der Waals surface area contributed by atoms with Gasteiger partial charge in [-0.2, -0.15) is 13.2 Å². The number of hydrogen-bond donors (Lipinski definition) is 1. The fraction of sp³-hybridized carbons (Fsp3) is 0.467. The van der Waals surface area contributed by atoms with Crippen molar-refractivity contribution in [2.24, 2.45) is 0 Å². The number of anilines is 1. The highest BCUT2D eigenvalue weighted by Gasteiger charge is 2.35. The lowest BCUT2D eigenvalue weighted by atomic mass is 10.0. The van der Waals surface area contributed by atoms with Gasteiger partial charge in [0.2, 0.25) is 0 Å². The Morgan fingerprint density at radius 1 is 1.25 bits per heavy atom. The highest BCUT2D eigenvalue weighted by atomic mass is 19.4. The summed E-state index contributed by atoms with van der Waals surface area (Å²) in [6.45, 7) is 2.75. The van der Waals surface area contributed by atoms with E-state index in [1.54, 1.807) is 0 Å². The van der Waals surface area contributed by atoms with Gasteiger partial charge in [0.15, 0.2) is 0 Å². The van der Waals surface area contributed by atoms with Gasteiger partial charge < -0.3 is 10.2 Å². The Kier molecular flexibility index (Phi) is 4.38. The normalized spacial score (nSPS) is 17.9. The van der Waals surface area contributed by atoms with Crippen LogP contribution in [0.4, 0.5) is 18.9 Å². The highest BCUT2D eigenvalue weighted by Crippen LogP contribution is 2.33. The number of halogens is 3. The third-order valence-corrected chi connectivity index (χ3v) is 3.75. The molecule has 0 saturated heterocycles. The zero-order chi connectivity index (χ0) is 14.8. The Bertz CT molecular complexity index is 494. The van der Waals surface area contributed by atoms with Gasteiger partial charge in [-0.05, 0) is 32.0 Å². The van der Waals surface area contributed by atoms with E-state index in [0.29, 0.717) is 13.1 Å². The van der Waals surface area contributed by atoms with Gasteiger partial charge in [0, 0.05) is 30.4 Å². The Hall–Kier alpha value is -1.49. The summed E-state index contributed by atoms with van der Waals surface area (Å²) in [4.78, 5) is 2.00. The second-order valence-electron chi connectivity index (χ2n) is 4.99. The molecule has 20 heavy (non-hydrogen) atoms. The minimum absolute atomic E-state index is 0.0474. The lowest BCUT2D eigenvalue weighted by molar-refractivity contribution is -0.0943. The monoisotopic (exact) mass is 284 g/mol. The van der Waals surface area contributed by atoms with E-state index < -0.39 is 11.7 Å². The Morgan fingerprint density at radius 3 is 2.50 bits per heavy atom. The van der Waals surface area contributed by atoms with Crippen LogP contribution in [-0.2, 0) is 0 Å². The zero-order valence-corrected chi connectivity index (χ0v) is 11.7. The van der Waals surface area contributed by atoms with Crippen LogP contribution in [0.5, 0.6) is 0 Å². The van der Waals surface area contributed by atoms with E-state index in [2.05, 4.69) is 5.32 Å². The maximum atomic E-state index is 12.6. The molecule has 1 aliphatic rings. The first-order valence-electron chi connectivity index (χ1n) is 6.71. The molecule has 1 aliphatic heterocycles. The van der Waals surface area contributed by atoms with Crippen molar-refractivity contribution in [3.63, 3.8) is 0 Å². The van der Waals surface area contributed by atoms with Gasteiger partial charge in [-0.3, -0.25) is 0 Å². The topological polar surface area (TPSA) is 15.3 Å². The van der Waals surface area contributed by atoms with E-state index in [1.165, 1.54) is 6.08 Å². The lowest BCUT2D eigenvalue weighted by Gasteiger charge is -2.31. The quantitative estimate of drug-likeness (QED) is 0.852. The number of hydrogen-bond acceptors (Lipinski definition) is 2. The average Bonchev–Trinajstić information content (AvgIpc) is 2.45. The standard InChI is InChI=1S/C15H19F3N2/c1-11(19-2)13-5-3-4-6-14(13)20-9-7-12(8-10-20)15(16,17)18/h3-7,11,19H,8-10H2,1-2H3. The number of rotatable bonds is 3. The number of nitrogens with one attached hydrogen (secondary N) is 1. The summed E-state index contributed by atoms with van der Waals surface area (Å²) in [5, 5.41) is 3.17. The van der Waals surface area contributed by atoms with Crippen molar-refractivity contribution in [1.82, 2.24) is 5.32 Å². The maximum Gasteiger partial charge on any atom is 0.412 e. The van der Waals surface area contributed by atoms with Gasteiger partial charge in [-0.15, -0.1) is 0 Å². The van der Waals surface area contributed by atoms with Crippen LogP contribution in [0.25, 0.3) is 0 Å². The first kappa shape index (κ1) is 14.9. The molecule has 0 saturated carbocycles. The van der Waals surface area contributed by atoms with Crippen LogP contribution in [0.2, 0.25) is 0 Å². The molecule has 1 heterocycles. The molecule has 1 unspecified atom stereocenters. The lowest BCUT2D eigenvalue weighted by Crippen LogP contribution is -2.33. The second-order valence-corrected chi connectivity index (χ2v) is 4.99. The van der Waals surface area contributed by atoms with Gasteiger partial charge in [-0.25, -0.2) is 0 Å². The fourth-order valence-electron chi connectivity index (χ4n) is 2.44. The summed E-state index contributed by atoms with van der Waals surface area (Å²) in [5.74, 6) is 0. The van der Waals surface area contributed by atoms with Gasteiger partial charge in [0.25, 0.3) is 0 Å². The molecule has 2 nitrogen and oxygen atoms in total. The van der Waals surface area contributed by atoms with Crippen molar-refractivity contribution in [1.29, 1.82) is 0 Å². The van der Waals surface area contributed by atoms with Crippen LogP contribution in [0.15, 0.2) is 35.9 Å². The third kappa shape index (κ3) is 3.15. The van der Waals surface area contributed by atoms with E-state index in [1.807, 2.05) is 43.1 Å². The number of benzene rings is 1. The maximum absolute atomic E-state index is 12.6. The molecular weight excluding hydrogens is 265 g/mol. The minimum atomic E-state index is -4.19. The molecule has 0 bridgehead atoms. The minimum Gasteiger partial charge on any atom is -0.367 e. The van der Waals surface area contributed by atoms with Gasteiger partial charge in [0.1, 0.15) is 0 Å². The number of para-hydroxylation sites is 1. The van der Waals surface area contributed by atoms with E-state index in [-0.39, 0.29) is 12.5 Å². The summed E-state index contributed by atoms with van der Waals surface area (Å²) < 4.78 is 37.9. The van der Waals surface area contributed by atoms with Crippen molar-refractivity contribution >= 4 is 5.69 Å². The van der Waals surface area contributed by atoms with Gasteiger partial charge in [-0.1, -0.05) is 24.3 Å². The molecular formula is C15H19F3N2. The van der Waals surface area contributed by atoms with Gasteiger partial charge in [0.05, 0.1) is 0 Å². The first-order chi connectivity index (χ1) is 9.43. The first-order valence-corrected chi connectivity index (χ1v) is 6.71. The van der Waals surface area contributed by atoms with Crippen LogP contribution in [0.1, 0.15) is 24.9 Å². The Morgan fingerprint density at radius 2 is 1.95 bits per heavy atom. The summed E-state index contributed by atoms with van der Waals surface area (Å²) >= 11 is 0. The molecule has 0 spiro atoms. The van der Waals surface area contributed by atoms with Crippen molar-refractivity contribution in [2.45, 2.75) is 25.6 Å². The smallest absolute Gasteiger partial charge is 0.367 e. The summed E-state index contributed by atoms with van der Waals surface area (Å²) in [7, 11) is 1.87. The summed E-state index contributed by atoms with van der Waals surface area (Å²) in [5.41, 5.74) is 1.71. The van der Waals surface area contributed by atoms with Gasteiger partial charge >= 0.3 is 6.18 Å². The second kappa shape index (κ2) is 5.87. The van der Waals surface area contributed by atoms with Crippen LogP contribution in [-0.4, -0.2) is 26.3 Å². The van der Waals surface area contributed by atoms with Crippen molar-refractivity contribution in [2.75, 3.05) is 25.0 Å². The molecule has 1 atom stereocenters. The molecule has 0 amide bonds. The van der Waals surface area contributed by atoms with Crippen molar-refractivity contribution < 1.29 is 13.2 Å². The van der Waals surface area contributed by atoms with Crippen molar-refractivity contribution in [3.05, 3.63) is 41.5 Å². The zero-order valence-electron chi connectivity index (χ0n) is 11.7. The predicted octanol–water partition coefficient (Wildman–Crippen LogP) is 3.67. The molecule has 1 N–H and O–H groups in total. The van der Waals surface area contributed by atoms with Crippen molar-refractivity contribution in [3.8, 4) is 0 Å². The Balaban J connectivity index is 2.21. The molecule has 110 valence electrons. The SMILES string of the molecule is CNC(C)c1ccccc1N1CC=C(C(F)(F)F)CC1. The van der Waals surface area contributed by atoms with Crippen LogP contribution in [0, 0.1) is 0 Å². The molecule has 1 aromatic carbocycles. The third-order valence-electron chi connectivity index (χ3n) is 3.75. The van der Waals surface area contributed by atoms with Crippen LogP contribution in [0.3, 0.4) is 0 Å². The van der Waals surface area contributed by atoms with Crippen LogP contribution >= 0.6 is 0 Å². The highest BCUT2D eigenvalue weighted by molar-refractivity contribution is 5.56. The molecule has 0 fully saturated rings. The van der Waals surface area contributed by atoms with E-state index in [9.17, 15) is 13.2 Å². The molecule has 2 rings (SSSR count). The Labute approximate surface area is 117 Å². The summed E-state index contributed by atoms with van der Waals surface area (Å²) in [6, 6.07) is 8.02. The largest absolute Gasteiger partial charge is 0.412 e. The fourth-order valence-corrected chi connectivity index (χ4v) is 2.44. The number of alkyl halides is 3. The predicted molar refractivity (Wildman–Crippen MR) is 74.9 cm³/mol. The number of nitrogens with zero attached hydrogens (tertiary/aromatic N) is 1. The van der Waals surface area contributed by atoms with E-state index >= 15 is 0 Å². The molecule has 0 aromatic heterocycles.